The molecule has 0 atom stereocenters. The Morgan fingerprint density at radius 1 is 1.21 bits per heavy atom. The van der Waals surface area contributed by atoms with Gasteiger partial charge in [-0.15, -0.1) is 0 Å². The van der Waals surface area contributed by atoms with Crippen molar-refractivity contribution in [3.05, 3.63) is 74.3 Å². The van der Waals surface area contributed by atoms with Crippen molar-refractivity contribution in [2.24, 2.45) is 0 Å². The number of sulfonamides is 1. The highest BCUT2D eigenvalue weighted by atomic mass is 35.5. The smallest absolute Gasteiger partial charge is 0.288 e. The minimum atomic E-state index is -3.54. The number of amides is 1. The molecule has 8 nitrogen and oxygen atoms in total. The lowest BCUT2D eigenvalue weighted by Crippen LogP contribution is -2.40. The van der Waals surface area contributed by atoms with E-state index >= 15 is 0 Å². The van der Waals surface area contributed by atoms with Crippen molar-refractivity contribution >= 4 is 33.2 Å². The highest BCUT2D eigenvalue weighted by Gasteiger charge is 2.26. The lowest BCUT2D eigenvalue weighted by molar-refractivity contribution is -0.384. The van der Waals surface area contributed by atoms with Gasteiger partial charge in [0.1, 0.15) is 5.02 Å². The van der Waals surface area contributed by atoms with Crippen LogP contribution in [-0.2, 0) is 23.0 Å². The minimum Gasteiger partial charge on any atom is -0.351 e. The van der Waals surface area contributed by atoms with Gasteiger partial charge in [0.2, 0.25) is 10.0 Å². The molecule has 1 amide bonds. The monoisotopic (exact) mass is 423 g/mol. The summed E-state index contributed by atoms with van der Waals surface area (Å²) >= 11 is 5.72. The van der Waals surface area contributed by atoms with Gasteiger partial charge in [0, 0.05) is 31.3 Å². The third kappa shape index (κ3) is 4.49. The summed E-state index contributed by atoms with van der Waals surface area (Å²) in [4.78, 5) is 22.4. The molecule has 0 radical (unpaired) electrons. The van der Waals surface area contributed by atoms with Crippen molar-refractivity contribution < 1.29 is 18.1 Å². The zero-order chi connectivity index (χ0) is 20.3. The minimum absolute atomic E-state index is 0.0420. The quantitative estimate of drug-likeness (QED) is 0.566. The number of benzene rings is 2. The maximum absolute atomic E-state index is 12.6. The number of nitro benzene ring substituents is 1. The molecule has 3 rings (SSSR count). The number of fused-ring (bicyclic) bond motifs is 1. The molecule has 0 saturated carbocycles. The Kier molecular flexibility index (Phi) is 5.97. The van der Waals surface area contributed by atoms with Crippen molar-refractivity contribution in [1.29, 1.82) is 0 Å². The first-order valence-corrected chi connectivity index (χ1v) is 10.5. The van der Waals surface area contributed by atoms with Crippen LogP contribution >= 0.6 is 11.6 Å². The van der Waals surface area contributed by atoms with E-state index < -0.39 is 20.9 Å². The summed E-state index contributed by atoms with van der Waals surface area (Å²) in [5.74, 6) is -0.852. The van der Waals surface area contributed by atoms with E-state index in [0.717, 1.165) is 17.2 Å². The Bertz CT molecular complexity index is 1030. The molecule has 0 aliphatic carbocycles. The van der Waals surface area contributed by atoms with Gasteiger partial charge in [0.05, 0.1) is 10.7 Å². The topological polar surface area (TPSA) is 110 Å². The Balaban J connectivity index is 1.59. The number of nitro groups is 1. The maximum Gasteiger partial charge on any atom is 0.288 e. The van der Waals surface area contributed by atoms with Crippen LogP contribution in [0.1, 0.15) is 21.5 Å². The molecule has 0 saturated heterocycles. The largest absolute Gasteiger partial charge is 0.351 e. The van der Waals surface area contributed by atoms with E-state index in [-0.39, 0.29) is 28.6 Å². The first-order valence-electron chi connectivity index (χ1n) is 8.54. The molecular weight excluding hydrogens is 406 g/mol. The van der Waals surface area contributed by atoms with Gasteiger partial charge >= 0.3 is 0 Å². The third-order valence-electron chi connectivity index (χ3n) is 4.54. The Labute approximate surface area is 167 Å². The highest BCUT2D eigenvalue weighted by molar-refractivity contribution is 7.89. The Hall–Kier alpha value is -2.49. The van der Waals surface area contributed by atoms with Crippen molar-refractivity contribution in [2.45, 2.75) is 13.0 Å². The zero-order valence-electron chi connectivity index (χ0n) is 14.8. The molecule has 28 heavy (non-hydrogen) atoms. The van der Waals surface area contributed by atoms with Gasteiger partial charge in [-0.3, -0.25) is 14.9 Å². The number of nitrogens with zero attached hydrogens (tertiary/aromatic N) is 2. The number of carbonyl (C=O) groups is 1. The fourth-order valence-corrected chi connectivity index (χ4v) is 4.54. The average Bonchev–Trinajstić information content (AvgIpc) is 2.67. The molecule has 0 fully saturated rings. The van der Waals surface area contributed by atoms with Crippen LogP contribution in [0.4, 0.5) is 5.69 Å². The van der Waals surface area contributed by atoms with Crippen LogP contribution in [-0.4, -0.2) is 42.4 Å². The van der Waals surface area contributed by atoms with Gasteiger partial charge in [-0.1, -0.05) is 35.9 Å². The summed E-state index contributed by atoms with van der Waals surface area (Å²) in [5.41, 5.74) is 1.79. The molecule has 2 aromatic carbocycles. The van der Waals surface area contributed by atoms with Crippen molar-refractivity contribution in [2.75, 3.05) is 18.8 Å². The standard InChI is InChI=1S/C18H18ClN3O5S/c19-16-6-5-14(11-17(16)22(24)25)18(23)20-8-10-28(26,27)21-9-7-13-3-1-2-4-15(13)12-21/h1-6,11H,7-10,12H2,(H,20,23). The second-order valence-corrected chi connectivity index (χ2v) is 8.84. The average molecular weight is 424 g/mol. The number of halogens is 1. The van der Waals surface area contributed by atoms with E-state index in [9.17, 15) is 23.3 Å². The van der Waals surface area contributed by atoms with Gasteiger partial charge in [0.15, 0.2) is 0 Å². The molecule has 1 N–H and O–H groups in total. The van der Waals surface area contributed by atoms with Gasteiger partial charge in [-0.25, -0.2) is 8.42 Å². The van der Waals surface area contributed by atoms with Gasteiger partial charge < -0.3 is 5.32 Å². The van der Waals surface area contributed by atoms with E-state index in [2.05, 4.69) is 5.32 Å². The number of rotatable bonds is 6. The van der Waals surface area contributed by atoms with Crippen LogP contribution < -0.4 is 5.32 Å². The number of hydrogen-bond donors (Lipinski definition) is 1. The predicted molar refractivity (Wildman–Crippen MR) is 105 cm³/mol. The first kappa shape index (κ1) is 20.2. The molecule has 0 spiro atoms. The molecule has 1 heterocycles. The fourth-order valence-electron chi connectivity index (χ4n) is 3.03. The molecule has 148 valence electrons. The molecule has 0 aromatic heterocycles. The molecule has 2 aromatic rings. The summed E-state index contributed by atoms with van der Waals surface area (Å²) in [5, 5.41) is 13.3. The normalized spacial score (nSPS) is 14.3. The predicted octanol–water partition coefficient (Wildman–Crippen LogP) is 2.37. The van der Waals surface area contributed by atoms with Crippen molar-refractivity contribution in [1.82, 2.24) is 9.62 Å². The summed E-state index contributed by atoms with van der Waals surface area (Å²) in [7, 11) is -3.54. The van der Waals surface area contributed by atoms with E-state index in [4.69, 9.17) is 11.6 Å². The van der Waals surface area contributed by atoms with Crippen LogP contribution in [0.15, 0.2) is 42.5 Å². The number of carbonyl (C=O) groups excluding carboxylic acids is 1. The van der Waals surface area contributed by atoms with E-state index in [1.807, 2.05) is 24.3 Å². The number of nitrogens with one attached hydrogen (secondary N) is 1. The molecule has 1 aliphatic heterocycles. The lowest BCUT2D eigenvalue weighted by atomic mass is 10.0. The SMILES string of the molecule is O=C(NCCS(=O)(=O)N1CCc2ccccc2C1)c1ccc(Cl)c([N+](=O)[O-])c1. The second-order valence-electron chi connectivity index (χ2n) is 6.35. The van der Waals surface area contributed by atoms with Crippen LogP contribution in [0.2, 0.25) is 5.02 Å². The zero-order valence-corrected chi connectivity index (χ0v) is 16.4. The summed E-state index contributed by atoms with van der Waals surface area (Å²) in [6.45, 7) is 0.613. The first-order chi connectivity index (χ1) is 13.3. The van der Waals surface area contributed by atoms with Crippen LogP contribution in [0.25, 0.3) is 0 Å². The van der Waals surface area contributed by atoms with Gasteiger partial charge in [-0.2, -0.15) is 4.31 Å². The van der Waals surface area contributed by atoms with Gasteiger partial charge in [0.25, 0.3) is 11.6 Å². The summed E-state index contributed by atoms with van der Waals surface area (Å²) < 4.78 is 26.6. The second kappa shape index (κ2) is 8.26. The summed E-state index contributed by atoms with van der Waals surface area (Å²) in [6.07, 6.45) is 0.649. The maximum atomic E-state index is 12.6. The lowest BCUT2D eigenvalue weighted by Gasteiger charge is -2.28. The Morgan fingerprint density at radius 2 is 1.93 bits per heavy atom. The fraction of sp³-hybridized carbons (Fsp3) is 0.278. The molecule has 10 heteroatoms. The van der Waals surface area contributed by atoms with E-state index in [1.54, 1.807) is 0 Å². The van der Waals surface area contributed by atoms with E-state index in [1.165, 1.54) is 16.4 Å². The molecule has 1 aliphatic rings. The van der Waals surface area contributed by atoms with Crippen LogP contribution in [0, 0.1) is 10.1 Å². The van der Waals surface area contributed by atoms with Crippen molar-refractivity contribution in [3.8, 4) is 0 Å². The van der Waals surface area contributed by atoms with Crippen LogP contribution in [0.3, 0.4) is 0 Å². The Morgan fingerprint density at radius 3 is 2.64 bits per heavy atom. The third-order valence-corrected chi connectivity index (χ3v) is 6.68. The van der Waals surface area contributed by atoms with Gasteiger partial charge in [-0.05, 0) is 29.7 Å². The highest BCUT2D eigenvalue weighted by Crippen LogP contribution is 2.25. The molecule has 0 unspecified atom stereocenters. The van der Waals surface area contributed by atoms with E-state index in [0.29, 0.717) is 19.5 Å². The number of hydrogen-bond acceptors (Lipinski definition) is 5. The van der Waals surface area contributed by atoms with Crippen LogP contribution in [0.5, 0.6) is 0 Å². The summed E-state index contributed by atoms with van der Waals surface area (Å²) in [6, 6.07) is 11.4. The molecular formula is C18H18ClN3O5S. The van der Waals surface area contributed by atoms with Crippen molar-refractivity contribution in [3.63, 3.8) is 0 Å². The molecule has 0 bridgehead atoms.